The molecule has 0 radical (unpaired) electrons. The predicted molar refractivity (Wildman–Crippen MR) is 90.8 cm³/mol. The van der Waals surface area contributed by atoms with Crippen LogP contribution < -0.4 is 11.5 Å². The normalized spacial score (nSPS) is 9.84. The Morgan fingerprint density at radius 2 is 1.42 bits per heavy atom. The molecular formula is C14H9Br3N2. The molecule has 0 aliphatic rings. The Kier molecular flexibility index (Phi) is 4.56. The van der Waals surface area contributed by atoms with E-state index in [4.69, 9.17) is 11.5 Å². The van der Waals surface area contributed by atoms with Crippen molar-refractivity contribution in [1.82, 2.24) is 0 Å². The van der Waals surface area contributed by atoms with Crippen LogP contribution in [0.15, 0.2) is 43.7 Å². The van der Waals surface area contributed by atoms with Crippen molar-refractivity contribution >= 4 is 59.2 Å². The van der Waals surface area contributed by atoms with E-state index in [1.165, 1.54) is 0 Å². The van der Waals surface area contributed by atoms with Gasteiger partial charge in [0.1, 0.15) is 0 Å². The lowest BCUT2D eigenvalue weighted by molar-refractivity contribution is 1.54. The first-order valence-corrected chi connectivity index (χ1v) is 7.67. The van der Waals surface area contributed by atoms with Gasteiger partial charge in [-0.1, -0.05) is 43.7 Å². The molecule has 0 aliphatic carbocycles. The van der Waals surface area contributed by atoms with E-state index in [2.05, 4.69) is 59.6 Å². The SMILES string of the molecule is Nc1ccc(Br)cc1C#Cc1cc(Br)cc(Br)c1N. The van der Waals surface area contributed by atoms with Crippen LogP contribution in [0.2, 0.25) is 0 Å². The van der Waals surface area contributed by atoms with Gasteiger partial charge < -0.3 is 11.5 Å². The lowest BCUT2D eigenvalue weighted by atomic mass is 10.1. The second kappa shape index (κ2) is 6.00. The monoisotopic (exact) mass is 442 g/mol. The molecule has 0 amide bonds. The highest BCUT2D eigenvalue weighted by molar-refractivity contribution is 9.11. The van der Waals surface area contributed by atoms with Crippen molar-refractivity contribution in [2.75, 3.05) is 11.5 Å². The van der Waals surface area contributed by atoms with Gasteiger partial charge in [-0.3, -0.25) is 0 Å². The number of nitrogen functional groups attached to an aromatic ring is 2. The highest BCUT2D eigenvalue weighted by Crippen LogP contribution is 2.27. The first-order chi connectivity index (χ1) is 8.97. The van der Waals surface area contributed by atoms with Crippen molar-refractivity contribution in [2.45, 2.75) is 0 Å². The van der Waals surface area contributed by atoms with Crippen molar-refractivity contribution < 1.29 is 0 Å². The van der Waals surface area contributed by atoms with Gasteiger partial charge in [-0.2, -0.15) is 0 Å². The van der Waals surface area contributed by atoms with Gasteiger partial charge in [0.2, 0.25) is 0 Å². The van der Waals surface area contributed by atoms with E-state index in [0.717, 1.165) is 24.5 Å². The quantitative estimate of drug-likeness (QED) is 0.463. The summed E-state index contributed by atoms with van der Waals surface area (Å²) >= 11 is 10.2. The van der Waals surface area contributed by atoms with Crippen LogP contribution in [0.4, 0.5) is 11.4 Å². The molecule has 0 aromatic heterocycles. The number of anilines is 2. The molecule has 0 heterocycles. The number of benzene rings is 2. The molecule has 0 bridgehead atoms. The molecule has 19 heavy (non-hydrogen) atoms. The molecule has 2 nitrogen and oxygen atoms in total. The van der Waals surface area contributed by atoms with Crippen LogP contribution in [-0.4, -0.2) is 0 Å². The summed E-state index contributed by atoms with van der Waals surface area (Å²) in [6.07, 6.45) is 0. The topological polar surface area (TPSA) is 52.0 Å². The minimum absolute atomic E-state index is 0.615. The lowest BCUT2D eigenvalue weighted by Gasteiger charge is -2.03. The van der Waals surface area contributed by atoms with Gasteiger partial charge in [-0.25, -0.2) is 0 Å². The molecule has 0 saturated heterocycles. The molecule has 2 aromatic rings. The van der Waals surface area contributed by atoms with Gasteiger partial charge in [-0.05, 0) is 46.3 Å². The maximum atomic E-state index is 5.97. The average Bonchev–Trinajstić information content (AvgIpc) is 2.35. The summed E-state index contributed by atoms with van der Waals surface area (Å²) in [5.41, 5.74) is 14.6. The summed E-state index contributed by atoms with van der Waals surface area (Å²) in [7, 11) is 0. The maximum Gasteiger partial charge on any atom is 0.0618 e. The van der Waals surface area contributed by atoms with Crippen molar-refractivity contribution in [3.05, 3.63) is 54.9 Å². The van der Waals surface area contributed by atoms with Gasteiger partial charge >= 0.3 is 0 Å². The largest absolute Gasteiger partial charge is 0.398 e. The minimum Gasteiger partial charge on any atom is -0.398 e. The molecule has 5 heteroatoms. The predicted octanol–water partition coefficient (Wildman–Crippen LogP) is 4.54. The Morgan fingerprint density at radius 3 is 2.16 bits per heavy atom. The molecule has 4 N–H and O–H groups in total. The zero-order valence-electron chi connectivity index (χ0n) is 9.68. The fourth-order valence-corrected chi connectivity index (χ4v) is 3.05. The number of rotatable bonds is 0. The Morgan fingerprint density at radius 1 is 0.789 bits per heavy atom. The molecule has 2 rings (SSSR count). The summed E-state index contributed by atoms with van der Waals surface area (Å²) in [5.74, 6) is 6.08. The molecule has 0 aliphatic heterocycles. The molecule has 2 aromatic carbocycles. The van der Waals surface area contributed by atoms with E-state index < -0.39 is 0 Å². The van der Waals surface area contributed by atoms with E-state index in [1.54, 1.807) is 0 Å². The average molecular weight is 445 g/mol. The highest BCUT2D eigenvalue weighted by atomic mass is 79.9. The van der Waals surface area contributed by atoms with Gasteiger partial charge in [0.05, 0.1) is 11.3 Å². The fourth-order valence-electron chi connectivity index (χ4n) is 1.46. The van der Waals surface area contributed by atoms with E-state index in [-0.39, 0.29) is 0 Å². The van der Waals surface area contributed by atoms with Crippen LogP contribution in [0.3, 0.4) is 0 Å². The van der Waals surface area contributed by atoms with Crippen LogP contribution in [-0.2, 0) is 0 Å². The minimum atomic E-state index is 0.615. The molecular weight excluding hydrogens is 436 g/mol. The summed E-state index contributed by atoms with van der Waals surface area (Å²) in [5, 5.41) is 0. The molecule has 0 spiro atoms. The third-order valence-corrected chi connectivity index (χ3v) is 4.05. The van der Waals surface area contributed by atoms with E-state index in [9.17, 15) is 0 Å². The van der Waals surface area contributed by atoms with E-state index in [1.807, 2.05) is 30.3 Å². The second-order valence-electron chi connectivity index (χ2n) is 3.83. The molecule has 0 atom stereocenters. The van der Waals surface area contributed by atoms with Crippen molar-refractivity contribution in [1.29, 1.82) is 0 Å². The molecule has 0 saturated carbocycles. The number of halogens is 3. The number of hydrogen-bond acceptors (Lipinski definition) is 2. The zero-order chi connectivity index (χ0) is 14.0. The molecule has 0 fully saturated rings. The lowest BCUT2D eigenvalue weighted by Crippen LogP contribution is -1.93. The summed E-state index contributed by atoms with van der Waals surface area (Å²) < 4.78 is 2.67. The van der Waals surface area contributed by atoms with Gasteiger partial charge in [-0.15, -0.1) is 0 Å². The van der Waals surface area contributed by atoms with Crippen molar-refractivity contribution in [3.8, 4) is 11.8 Å². The van der Waals surface area contributed by atoms with Crippen LogP contribution >= 0.6 is 47.8 Å². The van der Waals surface area contributed by atoms with E-state index in [0.29, 0.717) is 11.4 Å². The van der Waals surface area contributed by atoms with Crippen molar-refractivity contribution in [3.63, 3.8) is 0 Å². The summed E-state index contributed by atoms with van der Waals surface area (Å²) in [6, 6.07) is 9.33. The maximum absolute atomic E-state index is 5.97. The zero-order valence-corrected chi connectivity index (χ0v) is 14.4. The Bertz CT molecular complexity index is 700. The third kappa shape index (κ3) is 3.53. The van der Waals surface area contributed by atoms with Gasteiger partial charge in [0, 0.05) is 24.7 Å². The van der Waals surface area contributed by atoms with Crippen LogP contribution in [0.5, 0.6) is 0 Å². The highest BCUT2D eigenvalue weighted by Gasteiger charge is 2.03. The standard InChI is InChI=1S/C14H9Br3N2/c15-10-3-4-13(18)8(5-10)1-2-9-6-11(16)7-12(17)14(9)19/h3-7H,18-19H2. The van der Waals surface area contributed by atoms with Gasteiger partial charge in [0.15, 0.2) is 0 Å². The Hall–Kier alpha value is -0.960. The Balaban J connectivity index is 2.47. The van der Waals surface area contributed by atoms with Crippen LogP contribution in [0.1, 0.15) is 11.1 Å². The molecule has 0 unspecified atom stereocenters. The third-order valence-electron chi connectivity index (χ3n) is 2.44. The molecule has 96 valence electrons. The first-order valence-electron chi connectivity index (χ1n) is 5.29. The number of hydrogen-bond donors (Lipinski definition) is 2. The number of nitrogens with two attached hydrogens (primary N) is 2. The van der Waals surface area contributed by atoms with Crippen LogP contribution in [0, 0.1) is 11.8 Å². The van der Waals surface area contributed by atoms with Crippen molar-refractivity contribution in [2.24, 2.45) is 0 Å². The van der Waals surface area contributed by atoms with Gasteiger partial charge in [0.25, 0.3) is 0 Å². The summed E-state index contributed by atoms with van der Waals surface area (Å²) in [6.45, 7) is 0. The van der Waals surface area contributed by atoms with E-state index >= 15 is 0 Å². The second-order valence-corrected chi connectivity index (χ2v) is 6.52. The van der Waals surface area contributed by atoms with Crippen LogP contribution in [0.25, 0.3) is 0 Å². The fraction of sp³-hybridized carbons (Fsp3) is 0. The first kappa shape index (κ1) is 14.4. The summed E-state index contributed by atoms with van der Waals surface area (Å²) in [4.78, 5) is 0. The Labute approximate surface area is 137 Å². The smallest absolute Gasteiger partial charge is 0.0618 e.